The number of hydrazone groups is 1. The zero-order valence-corrected chi connectivity index (χ0v) is 10.4. The van der Waals surface area contributed by atoms with E-state index in [-0.39, 0.29) is 11.5 Å². The molecular weight excluding hydrogens is 250 g/mol. The molecule has 0 fully saturated rings. The van der Waals surface area contributed by atoms with E-state index < -0.39 is 16.7 Å². The second kappa shape index (κ2) is 4.60. The van der Waals surface area contributed by atoms with Crippen LogP contribution >= 0.6 is 0 Å². The van der Waals surface area contributed by atoms with Crippen molar-refractivity contribution >= 4 is 28.8 Å². The highest BCUT2D eigenvalue weighted by Gasteiger charge is 2.37. The van der Waals surface area contributed by atoms with Gasteiger partial charge in [0.2, 0.25) is 0 Å². The van der Waals surface area contributed by atoms with Crippen LogP contribution in [0.5, 0.6) is 0 Å². The molecule has 0 radical (unpaired) electrons. The molecule has 0 saturated carbocycles. The molecule has 0 bridgehead atoms. The maximum atomic E-state index is 12.0. The van der Waals surface area contributed by atoms with Crippen molar-refractivity contribution in [3.63, 3.8) is 0 Å². The molecule has 1 aromatic rings. The van der Waals surface area contributed by atoms with E-state index in [1.165, 1.54) is 31.2 Å². The molecular formula is C12H11N3O4. The average Bonchev–Trinajstić information content (AvgIpc) is 2.65. The monoisotopic (exact) mass is 261 g/mol. The zero-order valence-electron chi connectivity index (χ0n) is 10.4. The highest BCUT2D eigenvalue weighted by Crippen LogP contribution is 2.26. The second-order valence-corrected chi connectivity index (χ2v) is 4.21. The van der Waals surface area contributed by atoms with Crippen LogP contribution < -0.4 is 5.01 Å². The predicted molar refractivity (Wildman–Crippen MR) is 67.9 cm³/mol. The van der Waals surface area contributed by atoms with Crippen LogP contribution in [-0.2, 0) is 9.59 Å². The summed E-state index contributed by atoms with van der Waals surface area (Å²) in [4.78, 5) is 33.4. The minimum atomic E-state index is -0.852. The van der Waals surface area contributed by atoms with Crippen molar-refractivity contribution in [3.05, 3.63) is 34.4 Å². The van der Waals surface area contributed by atoms with Crippen LogP contribution in [0, 0.1) is 16.0 Å². The molecule has 0 aromatic heterocycles. The first-order valence-electron chi connectivity index (χ1n) is 5.56. The molecule has 7 heteroatoms. The number of anilines is 1. The Morgan fingerprint density at radius 1 is 1.37 bits per heavy atom. The smallest absolute Gasteiger partial charge is 0.269 e. The number of amides is 1. The van der Waals surface area contributed by atoms with E-state index in [1.807, 2.05) is 0 Å². The highest BCUT2D eigenvalue weighted by molar-refractivity contribution is 6.26. The van der Waals surface area contributed by atoms with Gasteiger partial charge in [-0.1, -0.05) is 0 Å². The number of rotatable bonds is 3. The number of Topliss-reactive ketones (excluding diaryl/α,β-unsaturated/α-hetero) is 1. The van der Waals surface area contributed by atoms with Gasteiger partial charge < -0.3 is 0 Å². The number of ketones is 1. The molecule has 1 heterocycles. The molecule has 7 nitrogen and oxygen atoms in total. The van der Waals surface area contributed by atoms with Crippen molar-refractivity contribution in [2.75, 3.05) is 5.01 Å². The molecule has 0 saturated heterocycles. The molecule has 98 valence electrons. The molecule has 0 N–H and O–H groups in total. The van der Waals surface area contributed by atoms with Gasteiger partial charge >= 0.3 is 0 Å². The van der Waals surface area contributed by atoms with E-state index in [2.05, 4.69) is 5.10 Å². The number of non-ortho nitro benzene ring substituents is 1. The van der Waals surface area contributed by atoms with Gasteiger partial charge in [0.05, 0.1) is 16.3 Å². The normalized spacial score (nSPS) is 18.4. The first kappa shape index (κ1) is 12.9. The number of carbonyl (C=O) groups is 2. The molecule has 2 rings (SSSR count). The maximum Gasteiger partial charge on any atom is 0.269 e. The van der Waals surface area contributed by atoms with Gasteiger partial charge in [-0.25, -0.2) is 0 Å². The standard InChI is InChI=1S/C12H11N3O4/c1-7-11(8(2)16)12(17)14(13-7)9-3-5-10(6-4-9)15(18)19/h3-6,11H,1-2H3. The fraction of sp³-hybridized carbons (Fsp3) is 0.250. The average molecular weight is 261 g/mol. The van der Waals surface area contributed by atoms with Crippen LogP contribution in [0.3, 0.4) is 0 Å². The fourth-order valence-corrected chi connectivity index (χ4v) is 1.93. The van der Waals surface area contributed by atoms with E-state index in [1.54, 1.807) is 6.92 Å². The van der Waals surface area contributed by atoms with Crippen LogP contribution in [0.1, 0.15) is 13.8 Å². The summed E-state index contributed by atoms with van der Waals surface area (Å²) in [6, 6.07) is 5.42. The fourth-order valence-electron chi connectivity index (χ4n) is 1.93. The Kier molecular flexibility index (Phi) is 3.12. The lowest BCUT2D eigenvalue weighted by Crippen LogP contribution is -2.31. The van der Waals surface area contributed by atoms with Gasteiger partial charge in [-0.05, 0) is 26.0 Å². The first-order chi connectivity index (χ1) is 8.91. The Balaban J connectivity index is 2.31. The topological polar surface area (TPSA) is 92.9 Å². The predicted octanol–water partition coefficient (Wildman–Crippen LogP) is 1.52. The first-order valence-corrected chi connectivity index (χ1v) is 5.56. The summed E-state index contributed by atoms with van der Waals surface area (Å²) >= 11 is 0. The van der Waals surface area contributed by atoms with Gasteiger partial charge in [0.25, 0.3) is 11.6 Å². The van der Waals surface area contributed by atoms with Crippen molar-refractivity contribution in [1.29, 1.82) is 0 Å². The number of nitro benzene ring substituents is 1. The van der Waals surface area contributed by atoms with Gasteiger partial charge in [0.1, 0.15) is 11.7 Å². The van der Waals surface area contributed by atoms with Crippen molar-refractivity contribution < 1.29 is 14.5 Å². The van der Waals surface area contributed by atoms with Gasteiger partial charge in [-0.15, -0.1) is 0 Å². The van der Waals surface area contributed by atoms with E-state index in [0.717, 1.165) is 5.01 Å². The molecule has 19 heavy (non-hydrogen) atoms. The Morgan fingerprint density at radius 2 is 1.95 bits per heavy atom. The number of hydrogen-bond acceptors (Lipinski definition) is 5. The summed E-state index contributed by atoms with van der Waals surface area (Å²) in [5.74, 6) is -1.55. The molecule has 1 aliphatic rings. The Bertz CT molecular complexity index is 591. The second-order valence-electron chi connectivity index (χ2n) is 4.21. The Morgan fingerprint density at radius 3 is 2.37 bits per heavy atom. The largest absolute Gasteiger partial charge is 0.299 e. The van der Waals surface area contributed by atoms with Gasteiger partial charge in [0.15, 0.2) is 0 Å². The minimum absolute atomic E-state index is 0.0702. The molecule has 1 aromatic carbocycles. The summed E-state index contributed by atoms with van der Waals surface area (Å²) in [6.07, 6.45) is 0. The van der Waals surface area contributed by atoms with Crippen molar-refractivity contribution in [2.45, 2.75) is 13.8 Å². The van der Waals surface area contributed by atoms with Crippen LogP contribution in [0.15, 0.2) is 29.4 Å². The van der Waals surface area contributed by atoms with Gasteiger partial charge in [-0.3, -0.25) is 19.7 Å². The van der Waals surface area contributed by atoms with E-state index in [0.29, 0.717) is 11.4 Å². The number of benzene rings is 1. The van der Waals surface area contributed by atoms with Crippen LogP contribution in [0.2, 0.25) is 0 Å². The summed E-state index contributed by atoms with van der Waals surface area (Å²) in [5, 5.41) is 15.7. The number of carbonyl (C=O) groups excluding carboxylic acids is 2. The highest BCUT2D eigenvalue weighted by atomic mass is 16.6. The molecule has 1 amide bonds. The zero-order chi connectivity index (χ0) is 14.2. The van der Waals surface area contributed by atoms with Crippen LogP contribution in [0.25, 0.3) is 0 Å². The summed E-state index contributed by atoms with van der Waals surface area (Å²) < 4.78 is 0. The lowest BCUT2D eigenvalue weighted by Gasteiger charge is -2.12. The molecule has 0 aliphatic carbocycles. The number of hydrogen-bond donors (Lipinski definition) is 0. The summed E-state index contributed by atoms with van der Waals surface area (Å²) in [6.45, 7) is 2.94. The van der Waals surface area contributed by atoms with Crippen molar-refractivity contribution in [1.82, 2.24) is 0 Å². The van der Waals surface area contributed by atoms with Gasteiger partial charge in [-0.2, -0.15) is 10.1 Å². The lowest BCUT2D eigenvalue weighted by atomic mass is 10.0. The quantitative estimate of drug-likeness (QED) is 0.468. The van der Waals surface area contributed by atoms with Crippen LogP contribution in [-0.4, -0.2) is 22.3 Å². The summed E-state index contributed by atoms with van der Waals surface area (Å²) in [7, 11) is 0. The third kappa shape index (κ3) is 2.22. The Hall–Kier alpha value is -2.57. The third-order valence-corrected chi connectivity index (χ3v) is 2.84. The molecule has 1 unspecified atom stereocenters. The Labute approximate surface area is 108 Å². The van der Waals surface area contributed by atoms with Crippen molar-refractivity contribution in [3.8, 4) is 0 Å². The summed E-state index contributed by atoms with van der Waals surface area (Å²) in [5.41, 5.74) is 0.758. The molecule has 1 aliphatic heterocycles. The molecule has 0 spiro atoms. The minimum Gasteiger partial charge on any atom is -0.299 e. The lowest BCUT2D eigenvalue weighted by molar-refractivity contribution is -0.384. The van der Waals surface area contributed by atoms with E-state index in [4.69, 9.17) is 0 Å². The number of nitrogens with zero attached hydrogens (tertiary/aromatic N) is 3. The third-order valence-electron chi connectivity index (χ3n) is 2.84. The van der Waals surface area contributed by atoms with E-state index >= 15 is 0 Å². The van der Waals surface area contributed by atoms with E-state index in [9.17, 15) is 19.7 Å². The van der Waals surface area contributed by atoms with Gasteiger partial charge in [0, 0.05) is 12.1 Å². The maximum absolute atomic E-state index is 12.0. The van der Waals surface area contributed by atoms with Crippen LogP contribution in [0.4, 0.5) is 11.4 Å². The SMILES string of the molecule is CC(=O)C1C(=O)N(c2ccc([N+](=O)[O-])cc2)N=C1C. The number of nitro groups is 1. The van der Waals surface area contributed by atoms with Crippen molar-refractivity contribution in [2.24, 2.45) is 11.0 Å². The molecule has 1 atom stereocenters.